The maximum Gasteiger partial charge on any atom is 0.312 e. The Bertz CT molecular complexity index is 955. The summed E-state index contributed by atoms with van der Waals surface area (Å²) in [5.41, 5.74) is 1.57. The molecule has 2 aromatic rings. The molecule has 0 bridgehead atoms. The Hall–Kier alpha value is -3.42. The number of benzene rings is 2. The minimum absolute atomic E-state index is 0.260. The molecule has 2 N–H and O–H groups in total. The van der Waals surface area contributed by atoms with Crippen molar-refractivity contribution in [2.24, 2.45) is 5.92 Å². The molecule has 0 saturated carbocycles. The van der Waals surface area contributed by atoms with Gasteiger partial charge in [-0.05, 0) is 55.0 Å². The van der Waals surface area contributed by atoms with Crippen molar-refractivity contribution in [3.63, 3.8) is 0 Å². The largest absolute Gasteiger partial charge is 0.459 e. The smallest absolute Gasteiger partial charge is 0.312 e. The first-order valence-electron chi connectivity index (χ1n) is 9.90. The standard InChI is InChI=1S/C22H22FN3O4/c23-16-7-5-14(6-8-16)13-15-9-11-26(12-10-15)22(29)20(28)25-21-19(27)24-17-3-1-2-4-18(17)30-21/h1-8,15,21H,9-13H2,(H,24,27)(H,25,28). The monoisotopic (exact) mass is 411 g/mol. The third-order valence-corrected chi connectivity index (χ3v) is 5.42. The predicted octanol–water partition coefficient (Wildman–Crippen LogP) is 2.08. The highest BCUT2D eigenvalue weighted by Crippen LogP contribution is 2.28. The fourth-order valence-electron chi connectivity index (χ4n) is 3.76. The third kappa shape index (κ3) is 4.42. The summed E-state index contributed by atoms with van der Waals surface area (Å²) in [5.74, 6) is -1.54. The van der Waals surface area contributed by atoms with E-state index >= 15 is 0 Å². The number of nitrogens with zero attached hydrogens (tertiary/aromatic N) is 1. The summed E-state index contributed by atoms with van der Waals surface area (Å²) < 4.78 is 18.5. The van der Waals surface area contributed by atoms with E-state index in [2.05, 4.69) is 10.6 Å². The molecule has 156 valence electrons. The van der Waals surface area contributed by atoms with Crippen LogP contribution < -0.4 is 15.4 Å². The number of anilines is 1. The number of carbonyl (C=O) groups is 3. The van der Waals surface area contributed by atoms with E-state index in [0.717, 1.165) is 24.8 Å². The highest BCUT2D eigenvalue weighted by molar-refractivity contribution is 6.35. The van der Waals surface area contributed by atoms with Gasteiger partial charge in [0.25, 0.3) is 12.1 Å². The summed E-state index contributed by atoms with van der Waals surface area (Å²) in [6.07, 6.45) is 1.06. The van der Waals surface area contributed by atoms with Gasteiger partial charge in [0.05, 0.1) is 5.69 Å². The summed E-state index contributed by atoms with van der Waals surface area (Å²) in [7, 11) is 0. The van der Waals surface area contributed by atoms with Gasteiger partial charge in [-0.2, -0.15) is 0 Å². The molecule has 2 aliphatic heterocycles. The zero-order chi connectivity index (χ0) is 21.1. The van der Waals surface area contributed by atoms with E-state index in [1.807, 2.05) is 0 Å². The average Bonchev–Trinajstić information content (AvgIpc) is 2.76. The number of hydrogen-bond acceptors (Lipinski definition) is 4. The topological polar surface area (TPSA) is 87.7 Å². The number of nitrogens with one attached hydrogen (secondary N) is 2. The van der Waals surface area contributed by atoms with E-state index in [9.17, 15) is 18.8 Å². The van der Waals surface area contributed by atoms with Crippen molar-refractivity contribution in [1.82, 2.24) is 10.2 Å². The number of para-hydroxylation sites is 2. The minimum atomic E-state index is -1.26. The quantitative estimate of drug-likeness (QED) is 0.757. The molecular formula is C22H22FN3O4. The number of carbonyl (C=O) groups excluding carboxylic acids is 3. The van der Waals surface area contributed by atoms with Crippen molar-refractivity contribution in [2.45, 2.75) is 25.5 Å². The highest BCUT2D eigenvalue weighted by Gasteiger charge is 2.33. The van der Waals surface area contributed by atoms with E-state index < -0.39 is 23.9 Å². The zero-order valence-corrected chi connectivity index (χ0v) is 16.3. The Morgan fingerprint density at radius 3 is 2.53 bits per heavy atom. The molecule has 1 saturated heterocycles. The van der Waals surface area contributed by atoms with Crippen LogP contribution in [0.1, 0.15) is 18.4 Å². The molecule has 0 radical (unpaired) electrons. The second-order valence-corrected chi connectivity index (χ2v) is 7.52. The number of rotatable bonds is 3. The van der Waals surface area contributed by atoms with Gasteiger partial charge in [0, 0.05) is 13.1 Å². The van der Waals surface area contributed by atoms with Crippen LogP contribution in [0.3, 0.4) is 0 Å². The molecule has 1 fully saturated rings. The van der Waals surface area contributed by atoms with E-state index in [4.69, 9.17) is 4.74 Å². The summed E-state index contributed by atoms with van der Waals surface area (Å²) in [5, 5.41) is 5.00. The van der Waals surface area contributed by atoms with Crippen LogP contribution in [-0.2, 0) is 20.8 Å². The molecule has 2 aromatic carbocycles. The van der Waals surface area contributed by atoms with Crippen LogP contribution in [-0.4, -0.2) is 41.9 Å². The van der Waals surface area contributed by atoms with Gasteiger partial charge in [-0.15, -0.1) is 0 Å². The van der Waals surface area contributed by atoms with Crippen LogP contribution >= 0.6 is 0 Å². The Labute approximate surface area is 173 Å². The maximum absolute atomic E-state index is 13.0. The summed E-state index contributed by atoms with van der Waals surface area (Å²) >= 11 is 0. The van der Waals surface area contributed by atoms with E-state index in [1.54, 1.807) is 36.4 Å². The summed E-state index contributed by atoms with van der Waals surface area (Å²) in [4.78, 5) is 38.5. The molecule has 1 unspecified atom stereocenters. The van der Waals surface area contributed by atoms with Gasteiger partial charge in [-0.25, -0.2) is 4.39 Å². The number of halogens is 1. The molecule has 0 aromatic heterocycles. The number of likely N-dealkylation sites (tertiary alicyclic amines) is 1. The minimum Gasteiger partial charge on any atom is -0.459 e. The first-order valence-corrected chi connectivity index (χ1v) is 9.90. The van der Waals surface area contributed by atoms with Gasteiger partial charge in [-0.1, -0.05) is 24.3 Å². The lowest BCUT2D eigenvalue weighted by Gasteiger charge is -2.32. The zero-order valence-electron chi connectivity index (χ0n) is 16.3. The van der Waals surface area contributed by atoms with Crippen molar-refractivity contribution < 1.29 is 23.5 Å². The number of amides is 3. The second-order valence-electron chi connectivity index (χ2n) is 7.52. The Morgan fingerprint density at radius 1 is 1.10 bits per heavy atom. The third-order valence-electron chi connectivity index (χ3n) is 5.42. The molecule has 3 amide bonds. The molecule has 2 aliphatic rings. The molecule has 0 aliphatic carbocycles. The number of hydrogen-bond donors (Lipinski definition) is 2. The summed E-state index contributed by atoms with van der Waals surface area (Å²) in [6, 6.07) is 13.3. The average molecular weight is 411 g/mol. The van der Waals surface area contributed by atoms with Crippen LogP contribution in [0.15, 0.2) is 48.5 Å². The van der Waals surface area contributed by atoms with E-state index in [-0.39, 0.29) is 5.82 Å². The van der Waals surface area contributed by atoms with Crippen molar-refractivity contribution >= 4 is 23.4 Å². The Balaban J connectivity index is 1.28. The Morgan fingerprint density at radius 2 is 1.80 bits per heavy atom. The Kier molecular flexibility index (Phi) is 5.65. The van der Waals surface area contributed by atoms with Crippen LogP contribution in [0.5, 0.6) is 5.75 Å². The SMILES string of the molecule is O=C(NC1Oc2ccccc2NC1=O)C(=O)N1CCC(Cc2ccc(F)cc2)CC1. The molecule has 2 heterocycles. The lowest BCUT2D eigenvalue weighted by atomic mass is 9.90. The maximum atomic E-state index is 13.0. The van der Waals surface area contributed by atoms with Crippen molar-refractivity contribution in [3.05, 3.63) is 59.9 Å². The van der Waals surface area contributed by atoms with Crippen LogP contribution in [0, 0.1) is 11.7 Å². The lowest BCUT2D eigenvalue weighted by Crippen LogP contribution is -2.54. The van der Waals surface area contributed by atoms with Crippen LogP contribution in [0.25, 0.3) is 0 Å². The van der Waals surface area contributed by atoms with Gasteiger partial charge in [-0.3, -0.25) is 14.4 Å². The van der Waals surface area contributed by atoms with Gasteiger partial charge in [0.2, 0.25) is 0 Å². The number of fused-ring (bicyclic) bond motifs is 1. The molecule has 7 nitrogen and oxygen atoms in total. The fraction of sp³-hybridized carbons (Fsp3) is 0.318. The molecule has 8 heteroatoms. The van der Waals surface area contributed by atoms with Crippen LogP contribution in [0.4, 0.5) is 10.1 Å². The van der Waals surface area contributed by atoms with Gasteiger partial charge >= 0.3 is 11.8 Å². The summed E-state index contributed by atoms with van der Waals surface area (Å²) in [6.45, 7) is 0.914. The lowest BCUT2D eigenvalue weighted by molar-refractivity contribution is -0.149. The predicted molar refractivity (Wildman–Crippen MR) is 107 cm³/mol. The molecular weight excluding hydrogens is 389 g/mol. The number of ether oxygens (including phenoxy) is 1. The first-order chi connectivity index (χ1) is 14.5. The van der Waals surface area contributed by atoms with Gasteiger partial charge < -0.3 is 20.3 Å². The first kappa shape index (κ1) is 19.9. The fourth-order valence-corrected chi connectivity index (χ4v) is 3.76. The van der Waals surface area contributed by atoms with Crippen molar-refractivity contribution in [3.8, 4) is 5.75 Å². The highest BCUT2D eigenvalue weighted by atomic mass is 19.1. The van der Waals surface area contributed by atoms with E-state index in [0.29, 0.717) is 30.4 Å². The molecule has 0 spiro atoms. The molecule has 1 atom stereocenters. The van der Waals surface area contributed by atoms with E-state index in [1.165, 1.54) is 17.0 Å². The van der Waals surface area contributed by atoms with Crippen molar-refractivity contribution in [2.75, 3.05) is 18.4 Å². The number of piperidine rings is 1. The van der Waals surface area contributed by atoms with Crippen molar-refractivity contribution in [1.29, 1.82) is 0 Å². The second kappa shape index (κ2) is 8.52. The normalized spacial score (nSPS) is 18.8. The van der Waals surface area contributed by atoms with Crippen LogP contribution in [0.2, 0.25) is 0 Å². The molecule has 4 rings (SSSR count). The van der Waals surface area contributed by atoms with Gasteiger partial charge in [0.15, 0.2) is 0 Å². The van der Waals surface area contributed by atoms with Gasteiger partial charge in [0.1, 0.15) is 11.6 Å². The molecule has 30 heavy (non-hydrogen) atoms.